The van der Waals surface area contributed by atoms with Gasteiger partial charge in [0, 0.05) is 6.20 Å². The summed E-state index contributed by atoms with van der Waals surface area (Å²) in [5.41, 5.74) is 4.60. The van der Waals surface area contributed by atoms with E-state index in [0.29, 0.717) is 0 Å². The van der Waals surface area contributed by atoms with Crippen LogP contribution in [-0.2, 0) is 0 Å². The molecule has 2 aliphatic rings. The second-order valence-electron chi connectivity index (χ2n) is 5.76. The Morgan fingerprint density at radius 3 is 2.50 bits per heavy atom. The van der Waals surface area contributed by atoms with E-state index in [9.17, 15) is 0 Å². The average molecular weight is 241 g/mol. The molecule has 0 amide bonds. The molecule has 1 heteroatoms. The molecule has 1 aromatic rings. The minimum atomic E-state index is 0.871. The maximum absolute atomic E-state index is 4.59. The van der Waals surface area contributed by atoms with Crippen LogP contribution in [0.1, 0.15) is 63.5 Å². The fourth-order valence-corrected chi connectivity index (χ4v) is 3.66. The SMILES string of the molecule is c1ccc(C2=C(C3CCCCC3)CCCC2)nc1. The molecule has 0 saturated heterocycles. The van der Waals surface area contributed by atoms with Crippen molar-refractivity contribution in [1.82, 2.24) is 4.98 Å². The molecule has 0 unspecified atom stereocenters. The van der Waals surface area contributed by atoms with E-state index in [2.05, 4.69) is 17.1 Å². The molecule has 0 bridgehead atoms. The first-order chi connectivity index (χ1) is 8.95. The first kappa shape index (κ1) is 12.0. The average Bonchev–Trinajstić information content (AvgIpc) is 2.49. The van der Waals surface area contributed by atoms with Crippen molar-refractivity contribution in [3.8, 4) is 0 Å². The van der Waals surface area contributed by atoms with Crippen LogP contribution >= 0.6 is 0 Å². The van der Waals surface area contributed by atoms with Gasteiger partial charge >= 0.3 is 0 Å². The van der Waals surface area contributed by atoms with Gasteiger partial charge in [0.2, 0.25) is 0 Å². The molecule has 0 aromatic carbocycles. The van der Waals surface area contributed by atoms with Crippen LogP contribution in [0.2, 0.25) is 0 Å². The van der Waals surface area contributed by atoms with E-state index in [-0.39, 0.29) is 0 Å². The van der Waals surface area contributed by atoms with Crippen molar-refractivity contribution >= 4 is 5.57 Å². The van der Waals surface area contributed by atoms with Crippen molar-refractivity contribution in [3.05, 3.63) is 35.7 Å². The third kappa shape index (κ3) is 2.50. The molecule has 96 valence electrons. The fraction of sp³-hybridized carbons (Fsp3) is 0.588. The predicted molar refractivity (Wildman–Crippen MR) is 76.2 cm³/mol. The maximum atomic E-state index is 4.59. The number of hydrogen-bond donors (Lipinski definition) is 0. The Balaban J connectivity index is 1.92. The Bertz CT molecular complexity index is 412. The zero-order chi connectivity index (χ0) is 12.2. The lowest BCUT2D eigenvalue weighted by atomic mass is 9.76. The quantitative estimate of drug-likeness (QED) is 0.711. The van der Waals surface area contributed by atoms with E-state index in [1.165, 1.54) is 63.5 Å². The molecule has 0 N–H and O–H groups in total. The van der Waals surface area contributed by atoms with Gasteiger partial charge in [-0.3, -0.25) is 4.98 Å². The molecule has 0 atom stereocenters. The van der Waals surface area contributed by atoms with Gasteiger partial charge in [-0.05, 0) is 62.1 Å². The van der Waals surface area contributed by atoms with Gasteiger partial charge in [0.25, 0.3) is 0 Å². The zero-order valence-electron chi connectivity index (χ0n) is 11.2. The first-order valence-electron chi connectivity index (χ1n) is 7.58. The molecule has 1 fully saturated rings. The highest BCUT2D eigenvalue weighted by molar-refractivity contribution is 5.67. The van der Waals surface area contributed by atoms with Gasteiger partial charge in [0.1, 0.15) is 0 Å². The Morgan fingerprint density at radius 2 is 1.72 bits per heavy atom. The van der Waals surface area contributed by atoms with Gasteiger partial charge in [0.05, 0.1) is 5.69 Å². The Labute approximate surface area is 110 Å². The molecule has 0 radical (unpaired) electrons. The Kier molecular flexibility index (Phi) is 3.78. The summed E-state index contributed by atoms with van der Waals surface area (Å²) in [6.45, 7) is 0. The molecule has 2 aliphatic carbocycles. The van der Waals surface area contributed by atoms with Crippen LogP contribution in [0.3, 0.4) is 0 Å². The van der Waals surface area contributed by atoms with Crippen molar-refractivity contribution in [2.45, 2.75) is 57.8 Å². The molecule has 1 nitrogen and oxygen atoms in total. The lowest BCUT2D eigenvalue weighted by Crippen LogP contribution is -2.14. The van der Waals surface area contributed by atoms with Crippen LogP contribution in [0, 0.1) is 5.92 Å². The molecule has 3 rings (SSSR count). The van der Waals surface area contributed by atoms with E-state index in [4.69, 9.17) is 0 Å². The smallest absolute Gasteiger partial charge is 0.0661 e. The van der Waals surface area contributed by atoms with Crippen molar-refractivity contribution in [1.29, 1.82) is 0 Å². The first-order valence-corrected chi connectivity index (χ1v) is 7.58. The summed E-state index contributed by atoms with van der Waals surface area (Å²) >= 11 is 0. The minimum absolute atomic E-state index is 0.871. The summed E-state index contributed by atoms with van der Waals surface area (Å²) in [5.74, 6) is 0.871. The number of pyridine rings is 1. The Hall–Kier alpha value is -1.11. The van der Waals surface area contributed by atoms with Crippen molar-refractivity contribution in [2.75, 3.05) is 0 Å². The van der Waals surface area contributed by atoms with Crippen LogP contribution in [-0.4, -0.2) is 4.98 Å². The monoisotopic (exact) mass is 241 g/mol. The van der Waals surface area contributed by atoms with Gasteiger partial charge in [-0.25, -0.2) is 0 Å². The van der Waals surface area contributed by atoms with Gasteiger partial charge in [0.15, 0.2) is 0 Å². The van der Waals surface area contributed by atoms with Gasteiger partial charge in [-0.2, -0.15) is 0 Å². The van der Waals surface area contributed by atoms with Gasteiger partial charge in [-0.1, -0.05) is 30.9 Å². The largest absolute Gasteiger partial charge is 0.257 e. The van der Waals surface area contributed by atoms with Crippen LogP contribution < -0.4 is 0 Å². The number of rotatable bonds is 2. The number of aromatic nitrogens is 1. The highest BCUT2D eigenvalue weighted by Gasteiger charge is 2.23. The maximum Gasteiger partial charge on any atom is 0.0661 e. The van der Waals surface area contributed by atoms with E-state index < -0.39 is 0 Å². The van der Waals surface area contributed by atoms with E-state index in [1.54, 1.807) is 11.1 Å². The third-order valence-corrected chi connectivity index (χ3v) is 4.58. The Morgan fingerprint density at radius 1 is 0.889 bits per heavy atom. The van der Waals surface area contributed by atoms with Crippen molar-refractivity contribution in [2.24, 2.45) is 5.92 Å². The number of nitrogens with zero attached hydrogens (tertiary/aromatic N) is 1. The van der Waals surface area contributed by atoms with Crippen LogP contribution in [0.25, 0.3) is 5.57 Å². The van der Waals surface area contributed by atoms with Crippen LogP contribution in [0.4, 0.5) is 0 Å². The highest BCUT2D eigenvalue weighted by Crippen LogP contribution is 2.40. The van der Waals surface area contributed by atoms with Crippen LogP contribution in [0.5, 0.6) is 0 Å². The van der Waals surface area contributed by atoms with Gasteiger partial charge < -0.3 is 0 Å². The second kappa shape index (κ2) is 5.69. The summed E-state index contributed by atoms with van der Waals surface area (Å²) in [6.07, 6.45) is 14.4. The molecular formula is C17H23N. The lowest BCUT2D eigenvalue weighted by Gasteiger charge is -2.30. The number of hydrogen-bond acceptors (Lipinski definition) is 1. The second-order valence-corrected chi connectivity index (χ2v) is 5.76. The number of allylic oxidation sites excluding steroid dienone is 2. The van der Waals surface area contributed by atoms with Crippen LogP contribution in [0.15, 0.2) is 30.0 Å². The lowest BCUT2D eigenvalue weighted by molar-refractivity contribution is 0.389. The molecule has 18 heavy (non-hydrogen) atoms. The molecule has 1 aromatic heterocycles. The van der Waals surface area contributed by atoms with E-state index >= 15 is 0 Å². The zero-order valence-corrected chi connectivity index (χ0v) is 11.2. The molecule has 1 saturated carbocycles. The predicted octanol–water partition coefficient (Wildman–Crippen LogP) is 4.99. The topological polar surface area (TPSA) is 12.9 Å². The highest BCUT2D eigenvalue weighted by atomic mass is 14.7. The van der Waals surface area contributed by atoms with Crippen molar-refractivity contribution < 1.29 is 0 Å². The molecule has 0 spiro atoms. The third-order valence-electron chi connectivity index (χ3n) is 4.58. The normalized spacial score (nSPS) is 22.2. The van der Waals surface area contributed by atoms with E-state index in [1.807, 2.05) is 12.3 Å². The summed E-state index contributed by atoms with van der Waals surface area (Å²) in [7, 11) is 0. The molecule has 1 heterocycles. The standard InChI is InChI=1S/C17H23N/c1-2-8-14(9-3-1)15-10-4-5-11-16(15)17-12-6-7-13-18-17/h6-7,12-14H,1-5,8-11H2. The van der Waals surface area contributed by atoms with Crippen molar-refractivity contribution in [3.63, 3.8) is 0 Å². The van der Waals surface area contributed by atoms with E-state index in [0.717, 1.165) is 5.92 Å². The molecule has 0 aliphatic heterocycles. The summed E-state index contributed by atoms with van der Waals surface area (Å²) in [4.78, 5) is 4.59. The summed E-state index contributed by atoms with van der Waals surface area (Å²) < 4.78 is 0. The minimum Gasteiger partial charge on any atom is -0.257 e. The summed E-state index contributed by atoms with van der Waals surface area (Å²) in [6, 6.07) is 6.35. The fourth-order valence-electron chi connectivity index (χ4n) is 3.66. The summed E-state index contributed by atoms with van der Waals surface area (Å²) in [5, 5.41) is 0. The van der Waals surface area contributed by atoms with Gasteiger partial charge in [-0.15, -0.1) is 0 Å². The molecular weight excluding hydrogens is 218 g/mol.